The molecule has 0 atom stereocenters. The maximum atomic E-state index is 10.9. The van der Waals surface area contributed by atoms with Crippen molar-refractivity contribution in [1.82, 2.24) is 0 Å². The lowest BCUT2D eigenvalue weighted by molar-refractivity contribution is -0.117. The second-order valence-electron chi connectivity index (χ2n) is 2.65. The highest BCUT2D eigenvalue weighted by Gasteiger charge is 1.95. The molecule has 0 spiro atoms. The highest BCUT2D eigenvalue weighted by atomic mass is 16.1. The number of allylic oxidation sites excluding steroid dienone is 1. The molecule has 0 aromatic heterocycles. The van der Waals surface area contributed by atoms with E-state index < -0.39 is 0 Å². The van der Waals surface area contributed by atoms with Gasteiger partial charge in [-0.15, -0.1) is 6.58 Å². The van der Waals surface area contributed by atoms with Crippen molar-refractivity contribution >= 4 is 12.1 Å². The topological polar surface area (TPSA) is 29.4 Å². The Labute approximate surface area is 74.4 Å². The first-order chi connectivity index (χ1) is 5.81. The molecule has 0 aliphatic rings. The first-order valence-corrected chi connectivity index (χ1v) is 4.47. The van der Waals surface area contributed by atoms with Gasteiger partial charge in [-0.3, -0.25) is 4.79 Å². The highest BCUT2D eigenvalue weighted by molar-refractivity contribution is 5.84. The van der Waals surface area contributed by atoms with Crippen LogP contribution in [0, 0.1) is 0 Å². The maximum absolute atomic E-state index is 10.9. The molecule has 0 saturated carbocycles. The standard InChI is InChI=1S/C10H17NO/c1-3-5-6-7-8-10(12)11-9-4-2/h3,9H,1,4-8H2,2H3. The van der Waals surface area contributed by atoms with Gasteiger partial charge in [-0.2, -0.15) is 0 Å². The second-order valence-corrected chi connectivity index (χ2v) is 2.65. The molecule has 0 fully saturated rings. The Morgan fingerprint density at radius 3 is 2.83 bits per heavy atom. The number of unbranched alkanes of at least 4 members (excludes halogenated alkanes) is 2. The van der Waals surface area contributed by atoms with E-state index in [1.807, 2.05) is 13.0 Å². The van der Waals surface area contributed by atoms with Crippen molar-refractivity contribution in [3.8, 4) is 0 Å². The van der Waals surface area contributed by atoms with Crippen molar-refractivity contribution in [2.45, 2.75) is 39.0 Å². The number of amides is 1. The van der Waals surface area contributed by atoms with Gasteiger partial charge in [0.05, 0.1) is 0 Å². The number of nitrogens with zero attached hydrogens (tertiary/aromatic N) is 1. The average Bonchev–Trinajstić information content (AvgIpc) is 2.09. The fourth-order valence-electron chi connectivity index (χ4n) is 0.823. The molecule has 0 aromatic carbocycles. The predicted molar refractivity (Wildman–Crippen MR) is 52.5 cm³/mol. The third-order valence-corrected chi connectivity index (χ3v) is 1.47. The number of hydrogen-bond acceptors (Lipinski definition) is 1. The molecule has 12 heavy (non-hydrogen) atoms. The van der Waals surface area contributed by atoms with E-state index in [4.69, 9.17) is 0 Å². The molecule has 0 saturated heterocycles. The summed E-state index contributed by atoms with van der Waals surface area (Å²) in [5.74, 6) is 0.000845. The fraction of sp³-hybridized carbons (Fsp3) is 0.600. The zero-order valence-corrected chi connectivity index (χ0v) is 7.75. The van der Waals surface area contributed by atoms with Crippen LogP contribution in [0.3, 0.4) is 0 Å². The monoisotopic (exact) mass is 167 g/mol. The van der Waals surface area contributed by atoms with Crippen LogP contribution in [0.1, 0.15) is 39.0 Å². The first-order valence-electron chi connectivity index (χ1n) is 4.47. The van der Waals surface area contributed by atoms with E-state index in [2.05, 4.69) is 11.6 Å². The summed E-state index contributed by atoms with van der Waals surface area (Å²) in [4.78, 5) is 14.7. The Morgan fingerprint density at radius 2 is 2.25 bits per heavy atom. The van der Waals surface area contributed by atoms with Crippen LogP contribution in [0.5, 0.6) is 0 Å². The van der Waals surface area contributed by atoms with E-state index in [9.17, 15) is 4.79 Å². The van der Waals surface area contributed by atoms with Gasteiger partial charge in [-0.25, -0.2) is 4.99 Å². The van der Waals surface area contributed by atoms with Gasteiger partial charge in [-0.05, 0) is 25.7 Å². The zero-order chi connectivity index (χ0) is 9.23. The Morgan fingerprint density at radius 1 is 1.50 bits per heavy atom. The molecule has 0 rings (SSSR count). The zero-order valence-electron chi connectivity index (χ0n) is 7.75. The minimum atomic E-state index is 0.000845. The molecule has 0 aliphatic heterocycles. The summed E-state index contributed by atoms with van der Waals surface area (Å²) in [5, 5.41) is 0. The smallest absolute Gasteiger partial charge is 0.245 e. The summed E-state index contributed by atoms with van der Waals surface area (Å²) in [6, 6.07) is 0. The van der Waals surface area contributed by atoms with Crippen molar-refractivity contribution in [2.24, 2.45) is 4.99 Å². The van der Waals surface area contributed by atoms with Crippen LogP contribution in [-0.4, -0.2) is 12.1 Å². The summed E-state index contributed by atoms with van der Waals surface area (Å²) in [6.45, 7) is 5.58. The third kappa shape index (κ3) is 7.19. The summed E-state index contributed by atoms with van der Waals surface area (Å²) in [5.41, 5.74) is 0. The van der Waals surface area contributed by atoms with Crippen molar-refractivity contribution in [3.63, 3.8) is 0 Å². The number of carbonyl (C=O) groups is 1. The average molecular weight is 167 g/mol. The number of rotatable bonds is 6. The van der Waals surface area contributed by atoms with E-state index in [0.29, 0.717) is 6.42 Å². The predicted octanol–water partition coefficient (Wildman–Crippen LogP) is 2.74. The van der Waals surface area contributed by atoms with E-state index in [-0.39, 0.29) is 5.91 Å². The van der Waals surface area contributed by atoms with Gasteiger partial charge in [0, 0.05) is 12.6 Å². The van der Waals surface area contributed by atoms with Gasteiger partial charge < -0.3 is 0 Å². The third-order valence-electron chi connectivity index (χ3n) is 1.47. The lowest BCUT2D eigenvalue weighted by Gasteiger charge is -1.93. The quantitative estimate of drug-likeness (QED) is 0.340. The SMILES string of the molecule is C=CCCCCC(=O)N=CCC. The molecule has 0 heterocycles. The van der Waals surface area contributed by atoms with Crippen molar-refractivity contribution in [2.75, 3.05) is 0 Å². The Kier molecular flexibility index (Phi) is 7.55. The molecule has 68 valence electrons. The van der Waals surface area contributed by atoms with Crippen LogP contribution in [-0.2, 0) is 4.79 Å². The van der Waals surface area contributed by atoms with Crippen LogP contribution in [0.4, 0.5) is 0 Å². The van der Waals surface area contributed by atoms with Crippen LogP contribution in [0.15, 0.2) is 17.6 Å². The first kappa shape index (κ1) is 11.1. The molecule has 0 radical (unpaired) electrons. The summed E-state index contributed by atoms with van der Waals surface area (Å²) < 4.78 is 0. The van der Waals surface area contributed by atoms with E-state index in [0.717, 1.165) is 25.7 Å². The van der Waals surface area contributed by atoms with Gasteiger partial charge in [-0.1, -0.05) is 13.0 Å². The highest BCUT2D eigenvalue weighted by Crippen LogP contribution is 2.00. The lowest BCUT2D eigenvalue weighted by atomic mass is 10.2. The van der Waals surface area contributed by atoms with Crippen molar-refractivity contribution in [3.05, 3.63) is 12.7 Å². The molecule has 0 aromatic rings. The maximum Gasteiger partial charge on any atom is 0.245 e. The number of aliphatic imine (C=N–C) groups is 1. The molecule has 0 bridgehead atoms. The molecular formula is C10H17NO. The minimum Gasteiger partial charge on any atom is -0.273 e. The molecule has 0 N–H and O–H groups in total. The van der Waals surface area contributed by atoms with Crippen LogP contribution >= 0.6 is 0 Å². The molecule has 2 heteroatoms. The Balaban J connectivity index is 3.31. The molecule has 0 aliphatic carbocycles. The largest absolute Gasteiger partial charge is 0.273 e. The normalized spacial score (nSPS) is 10.4. The summed E-state index contributed by atoms with van der Waals surface area (Å²) in [7, 11) is 0. The number of carbonyl (C=O) groups excluding carboxylic acids is 1. The summed E-state index contributed by atoms with van der Waals surface area (Å²) in [6.07, 6.45) is 7.89. The molecule has 2 nitrogen and oxygen atoms in total. The van der Waals surface area contributed by atoms with Crippen molar-refractivity contribution < 1.29 is 4.79 Å². The summed E-state index contributed by atoms with van der Waals surface area (Å²) >= 11 is 0. The van der Waals surface area contributed by atoms with Gasteiger partial charge in [0.1, 0.15) is 0 Å². The van der Waals surface area contributed by atoms with Gasteiger partial charge in [0.2, 0.25) is 5.91 Å². The molecule has 1 amide bonds. The molecule has 0 unspecified atom stereocenters. The van der Waals surface area contributed by atoms with Crippen LogP contribution in [0.25, 0.3) is 0 Å². The lowest BCUT2D eigenvalue weighted by Crippen LogP contribution is -1.93. The Hall–Kier alpha value is -0.920. The van der Waals surface area contributed by atoms with E-state index in [1.165, 1.54) is 0 Å². The van der Waals surface area contributed by atoms with Gasteiger partial charge in [0.15, 0.2) is 0 Å². The van der Waals surface area contributed by atoms with E-state index in [1.54, 1.807) is 6.21 Å². The Bertz CT molecular complexity index is 161. The minimum absolute atomic E-state index is 0.000845. The number of hydrogen-bond donors (Lipinski definition) is 0. The molecular weight excluding hydrogens is 150 g/mol. The van der Waals surface area contributed by atoms with E-state index >= 15 is 0 Å². The van der Waals surface area contributed by atoms with Crippen molar-refractivity contribution in [1.29, 1.82) is 0 Å². The van der Waals surface area contributed by atoms with Crippen LogP contribution < -0.4 is 0 Å². The van der Waals surface area contributed by atoms with Gasteiger partial charge in [0.25, 0.3) is 0 Å². The van der Waals surface area contributed by atoms with Crippen LogP contribution in [0.2, 0.25) is 0 Å². The van der Waals surface area contributed by atoms with Gasteiger partial charge >= 0.3 is 0 Å². The second kappa shape index (κ2) is 8.18. The fourth-order valence-corrected chi connectivity index (χ4v) is 0.823.